The van der Waals surface area contributed by atoms with E-state index in [-0.39, 0.29) is 13.2 Å². The number of carbonyl (C=O) groups excluding carboxylic acids is 1. The molecule has 0 saturated heterocycles. The first-order valence-electron chi connectivity index (χ1n) is 9.67. The van der Waals surface area contributed by atoms with Crippen molar-refractivity contribution in [3.05, 3.63) is 84.2 Å². The molecule has 6 nitrogen and oxygen atoms in total. The highest BCUT2D eigenvalue weighted by Gasteiger charge is 2.10. The van der Waals surface area contributed by atoms with Crippen molar-refractivity contribution in [3.8, 4) is 11.1 Å². The largest absolute Gasteiger partial charge is 0.460 e. The number of anilines is 2. The maximum absolute atomic E-state index is 11.3. The number of hydrogen-bond donors (Lipinski definition) is 2. The Balaban J connectivity index is 1.64. The second kappa shape index (κ2) is 8.71. The number of nitrogens with zero attached hydrogens (tertiary/aromatic N) is 2. The van der Waals surface area contributed by atoms with Gasteiger partial charge in [0.25, 0.3) is 0 Å². The molecule has 0 radical (unpaired) electrons. The Hall–Kier alpha value is -3.77. The third-order valence-electron chi connectivity index (χ3n) is 4.89. The van der Waals surface area contributed by atoms with Gasteiger partial charge in [0.05, 0.1) is 6.54 Å². The molecule has 0 aliphatic rings. The van der Waals surface area contributed by atoms with Gasteiger partial charge in [0.2, 0.25) is 0 Å². The quantitative estimate of drug-likeness (QED) is 0.469. The smallest absolute Gasteiger partial charge is 0.320 e. The van der Waals surface area contributed by atoms with Gasteiger partial charge in [-0.05, 0) is 41.8 Å². The van der Waals surface area contributed by atoms with E-state index in [0.717, 1.165) is 33.3 Å². The molecule has 0 bridgehead atoms. The average molecular weight is 398 g/mol. The molecule has 0 spiro atoms. The summed E-state index contributed by atoms with van der Waals surface area (Å²) in [6.07, 6.45) is 3.42. The number of esters is 1. The lowest BCUT2D eigenvalue weighted by molar-refractivity contribution is -0.143. The van der Waals surface area contributed by atoms with Gasteiger partial charge in [0, 0.05) is 29.0 Å². The Morgan fingerprint density at radius 2 is 1.90 bits per heavy atom. The molecule has 6 heteroatoms. The SMILES string of the molecule is Cc1c(Nc2nccc3cc(COC(=O)CN)cnc23)cccc1-c1ccccc1. The number of benzene rings is 2. The lowest BCUT2D eigenvalue weighted by atomic mass is 9.99. The zero-order valence-corrected chi connectivity index (χ0v) is 16.6. The van der Waals surface area contributed by atoms with E-state index >= 15 is 0 Å². The first-order chi connectivity index (χ1) is 14.7. The predicted molar refractivity (Wildman–Crippen MR) is 118 cm³/mol. The number of carbonyl (C=O) groups is 1. The molecule has 150 valence electrons. The zero-order valence-electron chi connectivity index (χ0n) is 16.6. The predicted octanol–water partition coefficient (Wildman–Crippen LogP) is 4.35. The summed E-state index contributed by atoms with van der Waals surface area (Å²) < 4.78 is 5.09. The molecule has 4 rings (SSSR count). The third kappa shape index (κ3) is 4.14. The van der Waals surface area contributed by atoms with Crippen molar-refractivity contribution in [2.75, 3.05) is 11.9 Å². The fourth-order valence-corrected chi connectivity index (χ4v) is 3.33. The van der Waals surface area contributed by atoms with Crippen LogP contribution in [0.4, 0.5) is 11.5 Å². The minimum absolute atomic E-state index is 0.138. The van der Waals surface area contributed by atoms with Crippen molar-refractivity contribution in [2.24, 2.45) is 5.73 Å². The molecular formula is C24H22N4O2. The van der Waals surface area contributed by atoms with Crippen LogP contribution in [0.25, 0.3) is 22.0 Å². The van der Waals surface area contributed by atoms with E-state index in [1.165, 1.54) is 5.56 Å². The van der Waals surface area contributed by atoms with E-state index in [2.05, 4.69) is 40.4 Å². The Bertz CT molecular complexity index is 1190. The lowest BCUT2D eigenvalue weighted by Gasteiger charge is -2.14. The van der Waals surface area contributed by atoms with E-state index in [9.17, 15) is 4.79 Å². The van der Waals surface area contributed by atoms with Crippen molar-refractivity contribution >= 4 is 28.4 Å². The lowest BCUT2D eigenvalue weighted by Crippen LogP contribution is -2.16. The summed E-state index contributed by atoms with van der Waals surface area (Å²) >= 11 is 0. The Kier molecular flexibility index (Phi) is 5.68. The summed E-state index contributed by atoms with van der Waals surface area (Å²) in [6, 6.07) is 20.3. The van der Waals surface area contributed by atoms with E-state index in [4.69, 9.17) is 10.5 Å². The Morgan fingerprint density at radius 1 is 1.07 bits per heavy atom. The standard InChI is InChI=1S/C24H22N4O2/c1-16-20(18-6-3-2-4-7-18)8-5-9-21(16)28-24-23-19(10-11-26-24)12-17(14-27-23)15-30-22(29)13-25/h2-12,14H,13,15,25H2,1H3,(H,26,28). The normalized spacial score (nSPS) is 10.7. The number of nitrogens with two attached hydrogens (primary N) is 1. The summed E-state index contributed by atoms with van der Waals surface area (Å²) in [5.74, 6) is 0.229. The highest BCUT2D eigenvalue weighted by atomic mass is 16.5. The van der Waals surface area contributed by atoms with Crippen molar-refractivity contribution in [2.45, 2.75) is 13.5 Å². The van der Waals surface area contributed by atoms with Crippen LogP contribution in [0.2, 0.25) is 0 Å². The van der Waals surface area contributed by atoms with Gasteiger partial charge in [-0.25, -0.2) is 4.98 Å². The number of rotatable bonds is 6. The van der Waals surface area contributed by atoms with Gasteiger partial charge in [0.1, 0.15) is 12.1 Å². The average Bonchev–Trinajstić information content (AvgIpc) is 2.79. The second-order valence-corrected chi connectivity index (χ2v) is 6.91. The van der Waals surface area contributed by atoms with Crippen LogP contribution in [0.15, 0.2) is 73.1 Å². The minimum Gasteiger partial charge on any atom is -0.460 e. The van der Waals surface area contributed by atoms with Crippen molar-refractivity contribution in [3.63, 3.8) is 0 Å². The fourth-order valence-electron chi connectivity index (χ4n) is 3.33. The molecule has 2 heterocycles. The van der Waals surface area contributed by atoms with Crippen LogP contribution in [0, 0.1) is 6.92 Å². The summed E-state index contributed by atoms with van der Waals surface area (Å²) in [5.41, 5.74) is 11.2. The summed E-state index contributed by atoms with van der Waals surface area (Å²) in [4.78, 5) is 20.3. The molecule has 3 N–H and O–H groups in total. The number of fused-ring (bicyclic) bond motifs is 1. The van der Waals surface area contributed by atoms with Crippen LogP contribution in [0.1, 0.15) is 11.1 Å². The van der Waals surface area contributed by atoms with Crippen molar-refractivity contribution in [1.29, 1.82) is 0 Å². The van der Waals surface area contributed by atoms with Crippen LogP contribution >= 0.6 is 0 Å². The van der Waals surface area contributed by atoms with Gasteiger partial charge < -0.3 is 15.8 Å². The number of aromatic nitrogens is 2. The van der Waals surface area contributed by atoms with Crippen LogP contribution in [0.3, 0.4) is 0 Å². The second-order valence-electron chi connectivity index (χ2n) is 6.91. The number of nitrogens with one attached hydrogen (secondary N) is 1. The molecule has 30 heavy (non-hydrogen) atoms. The summed E-state index contributed by atoms with van der Waals surface area (Å²) in [6.45, 7) is 2.09. The van der Waals surface area contributed by atoms with Gasteiger partial charge in [-0.3, -0.25) is 9.78 Å². The van der Waals surface area contributed by atoms with Crippen LogP contribution in [0.5, 0.6) is 0 Å². The molecular weight excluding hydrogens is 376 g/mol. The molecule has 0 saturated carbocycles. The minimum atomic E-state index is -0.444. The molecule has 0 unspecified atom stereocenters. The van der Waals surface area contributed by atoms with Gasteiger partial charge >= 0.3 is 5.97 Å². The van der Waals surface area contributed by atoms with E-state index in [1.54, 1.807) is 12.4 Å². The molecule has 2 aromatic carbocycles. The molecule has 4 aromatic rings. The van der Waals surface area contributed by atoms with E-state index < -0.39 is 5.97 Å². The van der Waals surface area contributed by atoms with Crippen molar-refractivity contribution < 1.29 is 9.53 Å². The van der Waals surface area contributed by atoms with Crippen LogP contribution in [-0.2, 0) is 16.1 Å². The topological polar surface area (TPSA) is 90.1 Å². The molecule has 0 aliphatic carbocycles. The number of ether oxygens (including phenoxy) is 1. The van der Waals surface area contributed by atoms with Crippen molar-refractivity contribution in [1.82, 2.24) is 9.97 Å². The molecule has 0 amide bonds. The monoisotopic (exact) mass is 398 g/mol. The Morgan fingerprint density at radius 3 is 2.70 bits per heavy atom. The molecule has 2 aromatic heterocycles. The molecule has 0 aliphatic heterocycles. The first-order valence-corrected chi connectivity index (χ1v) is 9.67. The van der Waals surface area contributed by atoms with Gasteiger partial charge in [-0.15, -0.1) is 0 Å². The Labute approximate surface area is 174 Å². The van der Waals surface area contributed by atoms with Gasteiger partial charge in [-0.1, -0.05) is 42.5 Å². The maximum Gasteiger partial charge on any atom is 0.320 e. The highest BCUT2D eigenvalue weighted by molar-refractivity contribution is 5.90. The van der Waals surface area contributed by atoms with Crippen LogP contribution < -0.4 is 11.1 Å². The van der Waals surface area contributed by atoms with Crippen LogP contribution in [-0.4, -0.2) is 22.5 Å². The summed E-state index contributed by atoms with van der Waals surface area (Å²) in [5, 5.41) is 4.34. The third-order valence-corrected chi connectivity index (χ3v) is 4.89. The molecule has 0 fully saturated rings. The van der Waals surface area contributed by atoms with Gasteiger partial charge in [-0.2, -0.15) is 0 Å². The van der Waals surface area contributed by atoms with E-state index in [0.29, 0.717) is 5.82 Å². The van der Waals surface area contributed by atoms with E-state index in [1.807, 2.05) is 42.5 Å². The number of pyridine rings is 2. The van der Waals surface area contributed by atoms with Gasteiger partial charge in [0.15, 0.2) is 5.82 Å². The fraction of sp³-hybridized carbons (Fsp3) is 0.125. The highest BCUT2D eigenvalue weighted by Crippen LogP contribution is 2.31. The number of hydrogen-bond acceptors (Lipinski definition) is 6. The first kappa shape index (κ1) is 19.5. The maximum atomic E-state index is 11.3. The summed E-state index contributed by atoms with van der Waals surface area (Å²) in [7, 11) is 0. The zero-order chi connectivity index (χ0) is 20.9. The molecule has 0 atom stereocenters.